The van der Waals surface area contributed by atoms with Crippen molar-refractivity contribution in [2.45, 2.75) is 53.4 Å². The molecule has 0 aromatic carbocycles. The van der Waals surface area contributed by atoms with Crippen LogP contribution in [-0.2, 0) is 19.1 Å². The SMILES string of the molecule is CC(C)COC(=O)/C=C(\C(=O)OCC(C)C)C1CCCC1. The van der Waals surface area contributed by atoms with E-state index in [-0.39, 0.29) is 23.7 Å². The number of esters is 2. The molecule has 1 rings (SSSR count). The molecule has 4 nitrogen and oxygen atoms in total. The lowest BCUT2D eigenvalue weighted by molar-refractivity contribution is -0.143. The Bertz CT molecular complexity index is 376. The van der Waals surface area contributed by atoms with Crippen molar-refractivity contribution in [2.24, 2.45) is 17.8 Å². The summed E-state index contributed by atoms with van der Waals surface area (Å²) in [4.78, 5) is 24.1. The second kappa shape index (κ2) is 8.85. The van der Waals surface area contributed by atoms with E-state index in [1.807, 2.05) is 27.7 Å². The van der Waals surface area contributed by atoms with Gasteiger partial charge in [0.15, 0.2) is 0 Å². The summed E-state index contributed by atoms with van der Waals surface area (Å²) in [5.74, 6) is -0.0997. The van der Waals surface area contributed by atoms with Gasteiger partial charge in [-0.1, -0.05) is 40.5 Å². The standard InChI is InChI=1S/C17H28O4/c1-12(2)10-20-16(18)9-15(14-7-5-6-8-14)17(19)21-11-13(3)4/h9,12-14H,5-8,10-11H2,1-4H3/b15-9-. The van der Waals surface area contributed by atoms with Crippen molar-refractivity contribution >= 4 is 11.9 Å². The minimum absolute atomic E-state index is 0.135. The molecular formula is C17H28O4. The molecule has 0 unspecified atom stereocenters. The zero-order chi connectivity index (χ0) is 15.8. The second-order valence-electron chi connectivity index (χ2n) is 6.60. The van der Waals surface area contributed by atoms with Crippen LogP contribution >= 0.6 is 0 Å². The molecular weight excluding hydrogens is 268 g/mol. The number of hydrogen-bond acceptors (Lipinski definition) is 4. The zero-order valence-corrected chi connectivity index (χ0v) is 13.7. The molecule has 1 aliphatic carbocycles. The molecule has 120 valence electrons. The fourth-order valence-electron chi connectivity index (χ4n) is 2.32. The summed E-state index contributed by atoms with van der Waals surface area (Å²) in [7, 11) is 0. The Morgan fingerprint density at radius 1 is 1.00 bits per heavy atom. The third kappa shape index (κ3) is 6.78. The molecule has 0 amide bonds. The third-order valence-electron chi connectivity index (χ3n) is 3.41. The van der Waals surface area contributed by atoms with Crippen LogP contribution in [0.15, 0.2) is 11.6 Å². The number of carbonyl (C=O) groups is 2. The van der Waals surface area contributed by atoms with E-state index in [1.54, 1.807) is 0 Å². The largest absolute Gasteiger partial charge is 0.462 e. The van der Waals surface area contributed by atoms with Crippen molar-refractivity contribution in [1.29, 1.82) is 0 Å². The fourth-order valence-corrected chi connectivity index (χ4v) is 2.32. The van der Waals surface area contributed by atoms with Gasteiger partial charge in [0.25, 0.3) is 0 Å². The molecule has 0 aliphatic heterocycles. The summed E-state index contributed by atoms with van der Waals surface area (Å²) in [5, 5.41) is 0. The van der Waals surface area contributed by atoms with Gasteiger partial charge >= 0.3 is 11.9 Å². The average Bonchev–Trinajstić information content (AvgIpc) is 2.93. The Hall–Kier alpha value is -1.32. The highest BCUT2D eigenvalue weighted by Gasteiger charge is 2.27. The van der Waals surface area contributed by atoms with Gasteiger partial charge in [0.1, 0.15) is 0 Å². The minimum atomic E-state index is -0.438. The van der Waals surface area contributed by atoms with Crippen LogP contribution in [0.25, 0.3) is 0 Å². The van der Waals surface area contributed by atoms with Crippen molar-refractivity contribution in [3.8, 4) is 0 Å². The number of carbonyl (C=O) groups excluding carboxylic acids is 2. The molecule has 0 aromatic heterocycles. The van der Waals surface area contributed by atoms with Gasteiger partial charge in [-0.3, -0.25) is 0 Å². The maximum atomic E-state index is 12.2. The molecule has 0 atom stereocenters. The van der Waals surface area contributed by atoms with Gasteiger partial charge in [0.2, 0.25) is 0 Å². The molecule has 1 aliphatic rings. The van der Waals surface area contributed by atoms with Gasteiger partial charge in [-0.15, -0.1) is 0 Å². The molecule has 4 heteroatoms. The van der Waals surface area contributed by atoms with E-state index >= 15 is 0 Å². The van der Waals surface area contributed by atoms with Crippen molar-refractivity contribution in [1.82, 2.24) is 0 Å². The Balaban J connectivity index is 2.71. The molecule has 0 N–H and O–H groups in total. The van der Waals surface area contributed by atoms with E-state index in [9.17, 15) is 9.59 Å². The lowest BCUT2D eigenvalue weighted by atomic mass is 9.97. The molecule has 0 radical (unpaired) electrons. The molecule has 0 saturated heterocycles. The van der Waals surface area contributed by atoms with Gasteiger partial charge in [-0.05, 0) is 30.6 Å². The molecule has 0 bridgehead atoms. The smallest absolute Gasteiger partial charge is 0.334 e. The van der Waals surface area contributed by atoms with E-state index in [2.05, 4.69) is 0 Å². The summed E-state index contributed by atoms with van der Waals surface area (Å²) >= 11 is 0. The predicted octanol–water partition coefficient (Wildman–Crippen LogP) is 3.50. The maximum absolute atomic E-state index is 12.2. The third-order valence-corrected chi connectivity index (χ3v) is 3.41. The summed E-state index contributed by atoms with van der Waals surface area (Å²) in [6.45, 7) is 8.68. The highest BCUT2D eigenvalue weighted by Crippen LogP contribution is 2.31. The first-order chi connectivity index (χ1) is 9.90. The lowest BCUT2D eigenvalue weighted by Gasteiger charge is -2.15. The summed E-state index contributed by atoms with van der Waals surface area (Å²) in [6.07, 6.45) is 5.43. The van der Waals surface area contributed by atoms with E-state index < -0.39 is 5.97 Å². The van der Waals surface area contributed by atoms with Crippen LogP contribution in [0.4, 0.5) is 0 Å². The van der Waals surface area contributed by atoms with Crippen LogP contribution in [-0.4, -0.2) is 25.2 Å². The monoisotopic (exact) mass is 296 g/mol. The maximum Gasteiger partial charge on any atom is 0.334 e. The van der Waals surface area contributed by atoms with Crippen LogP contribution < -0.4 is 0 Å². The lowest BCUT2D eigenvalue weighted by Crippen LogP contribution is -2.19. The highest BCUT2D eigenvalue weighted by molar-refractivity contribution is 5.96. The Morgan fingerprint density at radius 3 is 2.05 bits per heavy atom. The van der Waals surface area contributed by atoms with Gasteiger partial charge < -0.3 is 9.47 Å². The fraction of sp³-hybridized carbons (Fsp3) is 0.765. The first-order valence-electron chi connectivity index (χ1n) is 7.95. The predicted molar refractivity (Wildman–Crippen MR) is 81.6 cm³/mol. The highest BCUT2D eigenvalue weighted by atomic mass is 16.5. The van der Waals surface area contributed by atoms with Crippen LogP contribution in [0.1, 0.15) is 53.4 Å². The van der Waals surface area contributed by atoms with Gasteiger partial charge in [0.05, 0.1) is 13.2 Å². The average molecular weight is 296 g/mol. The minimum Gasteiger partial charge on any atom is -0.462 e. The first-order valence-corrected chi connectivity index (χ1v) is 7.95. The number of hydrogen-bond donors (Lipinski definition) is 0. The normalized spacial score (nSPS) is 16.6. The van der Waals surface area contributed by atoms with Crippen LogP contribution in [0.5, 0.6) is 0 Å². The number of ether oxygens (including phenoxy) is 2. The quantitative estimate of drug-likeness (QED) is 0.533. The van der Waals surface area contributed by atoms with Crippen LogP contribution in [0.3, 0.4) is 0 Å². The van der Waals surface area contributed by atoms with Gasteiger partial charge in [-0.2, -0.15) is 0 Å². The molecule has 1 fully saturated rings. The molecule has 0 heterocycles. The summed E-state index contributed by atoms with van der Waals surface area (Å²) in [6, 6.07) is 0. The summed E-state index contributed by atoms with van der Waals surface area (Å²) in [5.41, 5.74) is 0.488. The van der Waals surface area contributed by atoms with E-state index in [4.69, 9.17) is 9.47 Å². The first kappa shape index (κ1) is 17.7. The van der Waals surface area contributed by atoms with Crippen molar-refractivity contribution in [3.63, 3.8) is 0 Å². The van der Waals surface area contributed by atoms with E-state index in [1.165, 1.54) is 6.08 Å². The zero-order valence-electron chi connectivity index (χ0n) is 13.7. The topological polar surface area (TPSA) is 52.6 Å². The van der Waals surface area contributed by atoms with Gasteiger partial charge in [-0.25, -0.2) is 9.59 Å². The Kier molecular flexibility index (Phi) is 7.48. The molecule has 21 heavy (non-hydrogen) atoms. The Labute approximate surface area is 127 Å². The van der Waals surface area contributed by atoms with Crippen LogP contribution in [0, 0.1) is 17.8 Å². The van der Waals surface area contributed by atoms with Crippen molar-refractivity contribution in [2.75, 3.05) is 13.2 Å². The number of rotatable bonds is 7. The van der Waals surface area contributed by atoms with E-state index in [0.717, 1.165) is 25.7 Å². The van der Waals surface area contributed by atoms with Crippen molar-refractivity contribution in [3.05, 3.63) is 11.6 Å². The van der Waals surface area contributed by atoms with Gasteiger partial charge in [0, 0.05) is 11.6 Å². The Morgan fingerprint density at radius 2 is 1.52 bits per heavy atom. The van der Waals surface area contributed by atoms with E-state index in [0.29, 0.717) is 18.8 Å². The van der Waals surface area contributed by atoms with Crippen LogP contribution in [0.2, 0.25) is 0 Å². The molecule has 0 spiro atoms. The second-order valence-corrected chi connectivity index (χ2v) is 6.60. The summed E-state index contributed by atoms with van der Waals surface area (Å²) < 4.78 is 10.4. The molecule has 1 saturated carbocycles. The van der Waals surface area contributed by atoms with Crippen molar-refractivity contribution < 1.29 is 19.1 Å². The molecule has 0 aromatic rings.